The van der Waals surface area contributed by atoms with Gasteiger partial charge in [0.1, 0.15) is 5.69 Å². The molecule has 1 fully saturated rings. The normalized spacial score (nSPS) is 15.8. The van der Waals surface area contributed by atoms with E-state index < -0.39 is 0 Å². The van der Waals surface area contributed by atoms with E-state index in [1.807, 2.05) is 37.3 Å². The SMILES string of the molecule is C[C@H](NC(=O)c1cc2ccccc2[nH]1)c1ccc(N2CCOCC2)cc1. The zero-order chi connectivity index (χ0) is 17.9. The molecule has 1 aromatic heterocycles. The van der Waals surface area contributed by atoms with Crippen LogP contribution in [0.2, 0.25) is 0 Å². The fraction of sp³-hybridized carbons (Fsp3) is 0.286. The molecular formula is C21H23N3O2. The van der Waals surface area contributed by atoms with Crippen molar-refractivity contribution in [3.63, 3.8) is 0 Å². The van der Waals surface area contributed by atoms with Gasteiger partial charge < -0.3 is 19.9 Å². The summed E-state index contributed by atoms with van der Waals surface area (Å²) in [5.41, 5.74) is 3.85. The van der Waals surface area contributed by atoms with E-state index in [1.54, 1.807) is 0 Å². The highest BCUT2D eigenvalue weighted by Gasteiger charge is 2.15. The number of rotatable bonds is 4. The molecule has 2 N–H and O–H groups in total. The number of hydrogen-bond acceptors (Lipinski definition) is 3. The van der Waals surface area contributed by atoms with Gasteiger partial charge in [0, 0.05) is 29.7 Å². The Balaban J connectivity index is 1.43. The molecule has 1 saturated heterocycles. The number of carbonyl (C=O) groups excluding carboxylic acids is 1. The van der Waals surface area contributed by atoms with Gasteiger partial charge >= 0.3 is 0 Å². The first-order chi connectivity index (χ1) is 12.7. The summed E-state index contributed by atoms with van der Waals surface area (Å²) in [4.78, 5) is 18.0. The summed E-state index contributed by atoms with van der Waals surface area (Å²) in [7, 11) is 0. The van der Waals surface area contributed by atoms with Gasteiger partial charge in [0.05, 0.1) is 19.3 Å². The second kappa shape index (κ2) is 7.22. The molecule has 26 heavy (non-hydrogen) atoms. The molecule has 0 aliphatic carbocycles. The molecule has 3 aromatic rings. The first-order valence-electron chi connectivity index (χ1n) is 9.02. The van der Waals surface area contributed by atoms with Crippen LogP contribution in [-0.2, 0) is 4.74 Å². The Hall–Kier alpha value is -2.79. The Morgan fingerprint density at radius 2 is 1.85 bits per heavy atom. The Morgan fingerprint density at radius 1 is 1.12 bits per heavy atom. The fourth-order valence-electron chi connectivity index (χ4n) is 3.35. The molecular weight excluding hydrogens is 326 g/mol. The van der Waals surface area contributed by atoms with Crippen molar-refractivity contribution < 1.29 is 9.53 Å². The van der Waals surface area contributed by atoms with Crippen LogP contribution in [0.15, 0.2) is 54.6 Å². The number of fused-ring (bicyclic) bond motifs is 1. The van der Waals surface area contributed by atoms with Gasteiger partial charge in [-0.3, -0.25) is 4.79 Å². The highest BCUT2D eigenvalue weighted by atomic mass is 16.5. The Labute approximate surface area is 153 Å². The van der Waals surface area contributed by atoms with Crippen LogP contribution in [0.4, 0.5) is 5.69 Å². The molecule has 5 heteroatoms. The van der Waals surface area contributed by atoms with Gasteiger partial charge in [0.25, 0.3) is 5.91 Å². The maximum absolute atomic E-state index is 12.5. The Bertz CT molecular complexity index is 862. The number of nitrogens with zero attached hydrogens (tertiary/aromatic N) is 1. The van der Waals surface area contributed by atoms with Crippen LogP contribution in [-0.4, -0.2) is 37.2 Å². The van der Waals surface area contributed by atoms with Crippen LogP contribution in [0, 0.1) is 0 Å². The third kappa shape index (κ3) is 3.44. The molecule has 0 bridgehead atoms. The summed E-state index contributed by atoms with van der Waals surface area (Å²) >= 11 is 0. The number of aromatic nitrogens is 1. The van der Waals surface area contributed by atoms with Crippen molar-refractivity contribution in [1.29, 1.82) is 0 Å². The van der Waals surface area contributed by atoms with E-state index in [1.165, 1.54) is 5.69 Å². The van der Waals surface area contributed by atoms with Crippen LogP contribution in [0.25, 0.3) is 10.9 Å². The number of morpholine rings is 1. The van der Waals surface area contributed by atoms with Crippen LogP contribution in [0.1, 0.15) is 29.0 Å². The maximum atomic E-state index is 12.5. The van der Waals surface area contributed by atoms with Crippen LogP contribution in [0.3, 0.4) is 0 Å². The topological polar surface area (TPSA) is 57.4 Å². The standard InChI is InChI=1S/C21H23N3O2/c1-15(16-6-8-18(9-7-16)24-10-12-26-13-11-24)22-21(25)20-14-17-4-2-3-5-19(17)23-20/h2-9,14-15,23H,10-13H2,1H3,(H,22,25)/t15-/m0/s1. The van der Waals surface area contributed by atoms with E-state index in [4.69, 9.17) is 4.74 Å². The first-order valence-corrected chi connectivity index (χ1v) is 9.02. The third-order valence-electron chi connectivity index (χ3n) is 4.89. The second-order valence-corrected chi connectivity index (χ2v) is 6.66. The largest absolute Gasteiger partial charge is 0.378 e. The molecule has 0 unspecified atom stereocenters. The summed E-state index contributed by atoms with van der Waals surface area (Å²) in [6.07, 6.45) is 0. The summed E-state index contributed by atoms with van der Waals surface area (Å²) in [6, 6.07) is 18.1. The van der Waals surface area contributed by atoms with Crippen molar-refractivity contribution >= 4 is 22.5 Å². The van der Waals surface area contributed by atoms with Crippen LogP contribution < -0.4 is 10.2 Å². The molecule has 5 nitrogen and oxygen atoms in total. The molecule has 1 atom stereocenters. The molecule has 4 rings (SSSR count). The van der Waals surface area contributed by atoms with Gasteiger partial charge in [0.2, 0.25) is 0 Å². The number of amides is 1. The number of hydrogen-bond donors (Lipinski definition) is 2. The Morgan fingerprint density at radius 3 is 2.58 bits per heavy atom. The smallest absolute Gasteiger partial charge is 0.268 e. The average Bonchev–Trinajstić information content (AvgIpc) is 3.13. The molecule has 1 aliphatic rings. The molecule has 1 amide bonds. The minimum Gasteiger partial charge on any atom is -0.378 e. The number of anilines is 1. The number of aromatic amines is 1. The number of carbonyl (C=O) groups is 1. The molecule has 1 aliphatic heterocycles. The number of ether oxygens (including phenoxy) is 1. The van der Waals surface area contributed by atoms with E-state index >= 15 is 0 Å². The summed E-state index contributed by atoms with van der Waals surface area (Å²) in [6.45, 7) is 5.40. The fourth-order valence-corrected chi connectivity index (χ4v) is 3.35. The molecule has 0 radical (unpaired) electrons. The monoisotopic (exact) mass is 349 g/mol. The molecule has 2 heterocycles. The van der Waals surface area contributed by atoms with Gasteiger partial charge in [-0.15, -0.1) is 0 Å². The van der Waals surface area contributed by atoms with E-state index in [2.05, 4.69) is 39.5 Å². The summed E-state index contributed by atoms with van der Waals surface area (Å²) in [5.74, 6) is -0.0917. The zero-order valence-electron chi connectivity index (χ0n) is 14.9. The van der Waals surface area contributed by atoms with Gasteiger partial charge in [-0.1, -0.05) is 30.3 Å². The van der Waals surface area contributed by atoms with Gasteiger partial charge in [-0.25, -0.2) is 0 Å². The third-order valence-corrected chi connectivity index (χ3v) is 4.89. The predicted octanol–water partition coefficient (Wildman–Crippen LogP) is 3.50. The van der Waals surface area contributed by atoms with Gasteiger partial charge in [-0.2, -0.15) is 0 Å². The first kappa shape index (κ1) is 16.7. The van der Waals surface area contributed by atoms with E-state index in [9.17, 15) is 4.79 Å². The predicted molar refractivity (Wildman–Crippen MR) is 104 cm³/mol. The van der Waals surface area contributed by atoms with Gasteiger partial charge in [-0.05, 0) is 36.8 Å². The second-order valence-electron chi connectivity index (χ2n) is 6.66. The van der Waals surface area contributed by atoms with E-state index in [0.29, 0.717) is 5.69 Å². The highest BCUT2D eigenvalue weighted by molar-refractivity contribution is 5.98. The quantitative estimate of drug-likeness (QED) is 0.758. The van der Waals surface area contributed by atoms with Crippen molar-refractivity contribution in [3.05, 3.63) is 65.9 Å². The lowest BCUT2D eigenvalue weighted by molar-refractivity contribution is 0.0935. The lowest BCUT2D eigenvalue weighted by Crippen LogP contribution is -2.36. The molecule has 2 aromatic carbocycles. The maximum Gasteiger partial charge on any atom is 0.268 e. The van der Waals surface area contributed by atoms with E-state index in [-0.39, 0.29) is 11.9 Å². The number of para-hydroxylation sites is 1. The number of nitrogens with one attached hydrogen (secondary N) is 2. The van der Waals surface area contributed by atoms with Crippen LogP contribution >= 0.6 is 0 Å². The van der Waals surface area contributed by atoms with Gasteiger partial charge in [0.15, 0.2) is 0 Å². The molecule has 134 valence electrons. The van der Waals surface area contributed by atoms with Crippen molar-refractivity contribution in [2.75, 3.05) is 31.2 Å². The summed E-state index contributed by atoms with van der Waals surface area (Å²) < 4.78 is 5.40. The van der Waals surface area contributed by atoms with Crippen molar-refractivity contribution in [2.24, 2.45) is 0 Å². The zero-order valence-corrected chi connectivity index (χ0v) is 14.9. The summed E-state index contributed by atoms with van der Waals surface area (Å²) in [5, 5.41) is 4.11. The molecule has 0 saturated carbocycles. The van der Waals surface area contributed by atoms with Crippen molar-refractivity contribution in [2.45, 2.75) is 13.0 Å². The van der Waals surface area contributed by atoms with E-state index in [0.717, 1.165) is 42.8 Å². The lowest BCUT2D eigenvalue weighted by atomic mass is 10.1. The number of H-pyrrole nitrogens is 1. The molecule has 0 spiro atoms. The highest BCUT2D eigenvalue weighted by Crippen LogP contribution is 2.21. The lowest BCUT2D eigenvalue weighted by Gasteiger charge is -2.29. The van der Waals surface area contributed by atoms with Crippen LogP contribution in [0.5, 0.6) is 0 Å². The Kier molecular flexibility index (Phi) is 4.63. The average molecular weight is 349 g/mol. The van der Waals surface area contributed by atoms with Crippen molar-refractivity contribution in [1.82, 2.24) is 10.3 Å². The van der Waals surface area contributed by atoms with Crippen molar-refractivity contribution in [3.8, 4) is 0 Å². The minimum absolute atomic E-state index is 0.0624. The minimum atomic E-state index is -0.0917. The number of benzene rings is 2.